The van der Waals surface area contributed by atoms with Crippen molar-refractivity contribution in [2.75, 3.05) is 20.2 Å². The van der Waals surface area contributed by atoms with Gasteiger partial charge < -0.3 is 14.9 Å². The van der Waals surface area contributed by atoms with Crippen LogP contribution in [0.3, 0.4) is 0 Å². The Morgan fingerprint density at radius 2 is 2.00 bits per heavy atom. The second-order valence-electron chi connectivity index (χ2n) is 5.31. The smallest absolute Gasteiger partial charge is 0.337 e. The lowest BCUT2D eigenvalue weighted by Gasteiger charge is -2.30. The quantitative estimate of drug-likeness (QED) is 0.834. The summed E-state index contributed by atoms with van der Waals surface area (Å²) in [5.74, 6) is -0.323. The van der Waals surface area contributed by atoms with Gasteiger partial charge in [-0.15, -0.1) is 0 Å². The van der Waals surface area contributed by atoms with E-state index in [9.17, 15) is 4.79 Å². The molecule has 5 nitrogen and oxygen atoms in total. The Kier molecular flexibility index (Phi) is 3.44. The molecule has 2 aliphatic rings. The third-order valence-electron chi connectivity index (χ3n) is 3.99. The maximum Gasteiger partial charge on any atom is 0.337 e. The first-order valence-electron chi connectivity index (χ1n) is 6.87. The van der Waals surface area contributed by atoms with Gasteiger partial charge in [0.05, 0.1) is 18.4 Å². The molecule has 1 aromatic carbocycles. The van der Waals surface area contributed by atoms with E-state index in [0.29, 0.717) is 5.56 Å². The van der Waals surface area contributed by atoms with Crippen LogP contribution in [0.4, 0.5) is 0 Å². The summed E-state index contributed by atoms with van der Waals surface area (Å²) in [5, 5.41) is 7.58. The van der Waals surface area contributed by atoms with Gasteiger partial charge in [-0.05, 0) is 30.8 Å². The highest BCUT2D eigenvalue weighted by atomic mass is 16.7. The minimum Gasteiger partial charge on any atom is -0.465 e. The van der Waals surface area contributed by atoms with Crippen molar-refractivity contribution in [1.82, 2.24) is 5.32 Å². The van der Waals surface area contributed by atoms with Gasteiger partial charge >= 0.3 is 5.97 Å². The van der Waals surface area contributed by atoms with E-state index in [-0.39, 0.29) is 11.6 Å². The number of esters is 1. The standard InChI is InChI=1S/C15H18N2O3/c1-19-14(18)12-4-2-11(3-5-12)13-10-15(20-17-13)6-8-16-9-7-15/h2-5,16H,6-10H2,1H3. The first kappa shape index (κ1) is 13.1. The first-order chi connectivity index (χ1) is 9.72. The van der Waals surface area contributed by atoms with Crippen molar-refractivity contribution in [2.24, 2.45) is 5.16 Å². The highest BCUT2D eigenvalue weighted by molar-refractivity contribution is 6.02. The van der Waals surface area contributed by atoms with Gasteiger partial charge in [0.2, 0.25) is 0 Å². The van der Waals surface area contributed by atoms with E-state index in [0.717, 1.165) is 43.6 Å². The lowest BCUT2D eigenvalue weighted by atomic mass is 9.86. The number of piperidine rings is 1. The summed E-state index contributed by atoms with van der Waals surface area (Å²) < 4.78 is 4.69. The van der Waals surface area contributed by atoms with Gasteiger partial charge in [0.25, 0.3) is 0 Å². The molecule has 0 bridgehead atoms. The average molecular weight is 274 g/mol. The van der Waals surface area contributed by atoms with Crippen LogP contribution in [-0.4, -0.2) is 37.5 Å². The summed E-state index contributed by atoms with van der Waals surface area (Å²) in [6.45, 7) is 1.95. The maximum atomic E-state index is 11.4. The maximum absolute atomic E-state index is 11.4. The normalized spacial score (nSPS) is 20.4. The fourth-order valence-electron chi connectivity index (χ4n) is 2.74. The van der Waals surface area contributed by atoms with Crippen LogP contribution in [0.15, 0.2) is 29.4 Å². The van der Waals surface area contributed by atoms with E-state index in [1.165, 1.54) is 7.11 Å². The predicted molar refractivity (Wildman–Crippen MR) is 74.9 cm³/mol. The number of carbonyl (C=O) groups is 1. The SMILES string of the molecule is COC(=O)c1ccc(C2=NOC3(CCNCC3)C2)cc1. The van der Waals surface area contributed by atoms with Crippen molar-refractivity contribution in [3.8, 4) is 0 Å². The number of hydrogen-bond donors (Lipinski definition) is 1. The molecular formula is C15H18N2O3. The monoisotopic (exact) mass is 274 g/mol. The van der Waals surface area contributed by atoms with Gasteiger partial charge in [-0.2, -0.15) is 0 Å². The molecule has 106 valence electrons. The summed E-state index contributed by atoms with van der Waals surface area (Å²) in [4.78, 5) is 17.1. The van der Waals surface area contributed by atoms with E-state index < -0.39 is 0 Å². The first-order valence-corrected chi connectivity index (χ1v) is 6.87. The highest BCUT2D eigenvalue weighted by Gasteiger charge is 2.40. The Hall–Kier alpha value is -1.88. The molecule has 1 aromatic rings. The Labute approximate surface area is 117 Å². The second-order valence-corrected chi connectivity index (χ2v) is 5.31. The summed E-state index contributed by atoms with van der Waals surface area (Å²) in [6, 6.07) is 7.32. The Morgan fingerprint density at radius 3 is 2.65 bits per heavy atom. The van der Waals surface area contributed by atoms with Crippen LogP contribution in [0.25, 0.3) is 0 Å². The van der Waals surface area contributed by atoms with Gasteiger partial charge in [-0.25, -0.2) is 4.79 Å². The van der Waals surface area contributed by atoms with E-state index in [2.05, 4.69) is 10.5 Å². The van der Waals surface area contributed by atoms with Gasteiger partial charge in [0.1, 0.15) is 5.60 Å². The number of ether oxygens (including phenoxy) is 1. The molecule has 0 aromatic heterocycles. The van der Waals surface area contributed by atoms with E-state index in [1.54, 1.807) is 12.1 Å². The van der Waals surface area contributed by atoms with Crippen LogP contribution in [0.5, 0.6) is 0 Å². The zero-order valence-corrected chi connectivity index (χ0v) is 11.5. The van der Waals surface area contributed by atoms with Gasteiger partial charge in [0, 0.05) is 19.3 Å². The third kappa shape index (κ3) is 2.41. The number of methoxy groups -OCH3 is 1. The number of oxime groups is 1. The van der Waals surface area contributed by atoms with E-state index in [4.69, 9.17) is 9.57 Å². The van der Waals surface area contributed by atoms with Crippen molar-refractivity contribution >= 4 is 11.7 Å². The molecule has 2 aliphatic heterocycles. The fourth-order valence-corrected chi connectivity index (χ4v) is 2.74. The van der Waals surface area contributed by atoms with Crippen LogP contribution >= 0.6 is 0 Å². The summed E-state index contributed by atoms with van der Waals surface area (Å²) in [5.41, 5.74) is 2.39. The molecule has 0 amide bonds. The lowest BCUT2D eigenvalue weighted by Crippen LogP contribution is -2.42. The molecule has 0 radical (unpaired) electrons. The molecule has 1 fully saturated rings. The van der Waals surface area contributed by atoms with Crippen molar-refractivity contribution in [2.45, 2.75) is 24.9 Å². The summed E-state index contributed by atoms with van der Waals surface area (Å²) in [6.07, 6.45) is 2.81. The van der Waals surface area contributed by atoms with Crippen LogP contribution < -0.4 is 5.32 Å². The number of benzene rings is 1. The summed E-state index contributed by atoms with van der Waals surface area (Å²) >= 11 is 0. The largest absolute Gasteiger partial charge is 0.465 e. The molecule has 0 aliphatic carbocycles. The van der Waals surface area contributed by atoms with Crippen molar-refractivity contribution in [3.63, 3.8) is 0 Å². The van der Waals surface area contributed by atoms with Crippen molar-refractivity contribution in [3.05, 3.63) is 35.4 Å². The highest BCUT2D eigenvalue weighted by Crippen LogP contribution is 2.34. The number of rotatable bonds is 2. The lowest BCUT2D eigenvalue weighted by molar-refractivity contribution is -0.0400. The number of nitrogens with zero attached hydrogens (tertiary/aromatic N) is 1. The number of hydrogen-bond acceptors (Lipinski definition) is 5. The molecule has 3 rings (SSSR count). The Morgan fingerprint density at radius 1 is 1.30 bits per heavy atom. The molecule has 5 heteroatoms. The van der Waals surface area contributed by atoms with Crippen LogP contribution in [-0.2, 0) is 9.57 Å². The zero-order chi connectivity index (χ0) is 14.0. The minimum absolute atomic E-state index is 0.123. The average Bonchev–Trinajstić information content (AvgIpc) is 2.91. The molecule has 0 atom stereocenters. The third-order valence-corrected chi connectivity index (χ3v) is 3.99. The molecule has 1 saturated heterocycles. The van der Waals surface area contributed by atoms with Crippen LogP contribution in [0.1, 0.15) is 35.2 Å². The van der Waals surface area contributed by atoms with Gasteiger partial charge in [-0.3, -0.25) is 0 Å². The van der Waals surface area contributed by atoms with Crippen LogP contribution in [0, 0.1) is 0 Å². The minimum atomic E-state index is -0.323. The molecule has 0 unspecified atom stereocenters. The zero-order valence-electron chi connectivity index (χ0n) is 11.5. The van der Waals surface area contributed by atoms with Gasteiger partial charge in [0.15, 0.2) is 0 Å². The topological polar surface area (TPSA) is 59.9 Å². The summed E-state index contributed by atoms with van der Waals surface area (Å²) in [7, 11) is 1.38. The van der Waals surface area contributed by atoms with Crippen molar-refractivity contribution < 1.29 is 14.4 Å². The van der Waals surface area contributed by atoms with Crippen LogP contribution in [0.2, 0.25) is 0 Å². The molecule has 1 spiro atoms. The molecular weight excluding hydrogens is 256 g/mol. The molecule has 0 saturated carbocycles. The predicted octanol–water partition coefficient (Wildman–Crippen LogP) is 1.72. The van der Waals surface area contributed by atoms with Crippen molar-refractivity contribution in [1.29, 1.82) is 0 Å². The number of carbonyl (C=O) groups excluding carboxylic acids is 1. The van der Waals surface area contributed by atoms with Gasteiger partial charge in [-0.1, -0.05) is 17.3 Å². The number of nitrogens with one attached hydrogen (secondary N) is 1. The Bertz CT molecular complexity index is 531. The molecule has 1 N–H and O–H groups in total. The second kappa shape index (κ2) is 5.25. The molecule has 2 heterocycles. The fraction of sp³-hybridized carbons (Fsp3) is 0.467. The Balaban J connectivity index is 1.73. The van der Waals surface area contributed by atoms with E-state index >= 15 is 0 Å². The molecule has 20 heavy (non-hydrogen) atoms. The van der Waals surface area contributed by atoms with E-state index in [1.807, 2.05) is 12.1 Å².